The molecule has 144 valence electrons. The quantitative estimate of drug-likeness (QED) is 0.552. The number of benzene rings is 2. The Morgan fingerprint density at radius 1 is 1.04 bits per heavy atom. The van der Waals surface area contributed by atoms with Gasteiger partial charge in [-0.15, -0.1) is 0 Å². The molecule has 0 bridgehead atoms. The molecule has 5 nitrogen and oxygen atoms in total. The van der Waals surface area contributed by atoms with Gasteiger partial charge in [0.15, 0.2) is 0 Å². The summed E-state index contributed by atoms with van der Waals surface area (Å²) in [5, 5.41) is 3.31. The Bertz CT molecular complexity index is 1020. The molecule has 0 saturated heterocycles. The fraction of sp³-hybridized carbons (Fsp3) is 0.136. The highest BCUT2D eigenvalue weighted by atomic mass is 35.5. The predicted octanol–water partition coefficient (Wildman–Crippen LogP) is 5.58. The lowest BCUT2D eigenvalue weighted by Gasteiger charge is -2.09. The molecule has 0 fully saturated rings. The van der Waals surface area contributed by atoms with E-state index in [-0.39, 0.29) is 5.91 Å². The molecule has 0 radical (unpaired) electrons. The van der Waals surface area contributed by atoms with Crippen LogP contribution >= 0.6 is 11.6 Å². The van der Waals surface area contributed by atoms with E-state index in [0.29, 0.717) is 33.7 Å². The van der Waals surface area contributed by atoms with Crippen molar-refractivity contribution >= 4 is 29.3 Å². The first kappa shape index (κ1) is 19.6. The third-order valence-corrected chi connectivity index (χ3v) is 4.37. The fourth-order valence-electron chi connectivity index (χ4n) is 2.67. The molecule has 1 heterocycles. The molecular formula is C22H20ClNO4. The van der Waals surface area contributed by atoms with E-state index in [2.05, 4.69) is 5.32 Å². The molecule has 0 aliphatic rings. The zero-order valence-corrected chi connectivity index (χ0v) is 16.5. The van der Waals surface area contributed by atoms with Gasteiger partial charge in [-0.05, 0) is 61.0 Å². The van der Waals surface area contributed by atoms with Crippen molar-refractivity contribution in [2.75, 3.05) is 19.5 Å². The highest BCUT2D eigenvalue weighted by molar-refractivity contribution is 6.32. The number of carbonyl (C=O) groups excluding carboxylic acids is 1. The van der Waals surface area contributed by atoms with Gasteiger partial charge < -0.3 is 19.2 Å². The number of hydrogen-bond acceptors (Lipinski definition) is 4. The summed E-state index contributed by atoms with van der Waals surface area (Å²) in [5.74, 6) is 2.11. The number of methoxy groups -OCH3 is 2. The van der Waals surface area contributed by atoms with Crippen LogP contribution in [-0.2, 0) is 4.79 Å². The van der Waals surface area contributed by atoms with Gasteiger partial charge in [-0.25, -0.2) is 0 Å². The predicted molar refractivity (Wildman–Crippen MR) is 111 cm³/mol. The Hall–Kier alpha value is -3.18. The third kappa shape index (κ3) is 4.56. The van der Waals surface area contributed by atoms with Crippen LogP contribution in [0.25, 0.3) is 17.4 Å². The standard InChI is InChI=1S/C22H20ClNO4/c1-14-4-8-21(27-3)18(12-14)24-22(25)11-7-16-6-10-19(28-16)15-5-9-20(26-2)17(23)13-15/h4-13H,1-3H3,(H,24,25)/b11-7+. The lowest BCUT2D eigenvalue weighted by molar-refractivity contribution is -0.111. The molecule has 0 unspecified atom stereocenters. The number of ether oxygens (including phenoxy) is 2. The maximum Gasteiger partial charge on any atom is 0.248 e. The Balaban J connectivity index is 1.71. The van der Waals surface area contributed by atoms with Crippen LogP contribution in [0.15, 0.2) is 59.0 Å². The average molecular weight is 398 g/mol. The minimum Gasteiger partial charge on any atom is -0.495 e. The van der Waals surface area contributed by atoms with Gasteiger partial charge in [-0.2, -0.15) is 0 Å². The van der Waals surface area contributed by atoms with E-state index in [1.54, 1.807) is 38.5 Å². The molecule has 1 aromatic heterocycles. The minimum atomic E-state index is -0.283. The SMILES string of the molecule is COc1ccc(-c2ccc(/C=C/C(=O)Nc3cc(C)ccc3OC)o2)cc1Cl. The maximum atomic E-state index is 12.2. The molecule has 2 aromatic carbocycles. The van der Waals surface area contributed by atoms with E-state index < -0.39 is 0 Å². The van der Waals surface area contributed by atoms with Crippen LogP contribution in [-0.4, -0.2) is 20.1 Å². The monoisotopic (exact) mass is 397 g/mol. The summed E-state index contributed by atoms with van der Waals surface area (Å²) in [5.41, 5.74) is 2.46. The van der Waals surface area contributed by atoms with Crippen molar-refractivity contribution in [1.29, 1.82) is 0 Å². The van der Waals surface area contributed by atoms with Crippen LogP contribution in [0.5, 0.6) is 11.5 Å². The van der Waals surface area contributed by atoms with E-state index in [9.17, 15) is 4.79 Å². The van der Waals surface area contributed by atoms with Gasteiger partial charge in [-0.1, -0.05) is 17.7 Å². The van der Waals surface area contributed by atoms with E-state index in [1.165, 1.54) is 6.08 Å². The lowest BCUT2D eigenvalue weighted by atomic mass is 10.2. The lowest BCUT2D eigenvalue weighted by Crippen LogP contribution is -2.09. The Morgan fingerprint density at radius 2 is 1.79 bits per heavy atom. The Morgan fingerprint density at radius 3 is 2.50 bits per heavy atom. The van der Waals surface area contributed by atoms with Crippen LogP contribution in [0.4, 0.5) is 5.69 Å². The first-order chi connectivity index (χ1) is 13.5. The topological polar surface area (TPSA) is 60.7 Å². The van der Waals surface area contributed by atoms with Gasteiger partial charge in [0.05, 0.1) is 24.9 Å². The van der Waals surface area contributed by atoms with Gasteiger partial charge in [0, 0.05) is 11.6 Å². The Kier molecular flexibility index (Phi) is 6.06. The summed E-state index contributed by atoms with van der Waals surface area (Å²) in [4.78, 5) is 12.2. The number of furan rings is 1. The van der Waals surface area contributed by atoms with E-state index in [0.717, 1.165) is 11.1 Å². The summed E-state index contributed by atoms with van der Waals surface area (Å²) in [7, 11) is 3.13. The number of anilines is 1. The van der Waals surface area contributed by atoms with Crippen molar-refractivity contribution in [1.82, 2.24) is 0 Å². The molecule has 3 rings (SSSR count). The van der Waals surface area contributed by atoms with Gasteiger partial charge in [0.1, 0.15) is 23.0 Å². The van der Waals surface area contributed by atoms with Gasteiger partial charge >= 0.3 is 0 Å². The second kappa shape index (κ2) is 8.67. The van der Waals surface area contributed by atoms with Crippen LogP contribution in [0.2, 0.25) is 5.02 Å². The highest BCUT2D eigenvalue weighted by Gasteiger charge is 2.08. The summed E-state index contributed by atoms with van der Waals surface area (Å²) in [6.07, 6.45) is 3.01. The third-order valence-electron chi connectivity index (χ3n) is 4.07. The molecule has 1 amide bonds. The first-order valence-electron chi connectivity index (χ1n) is 8.57. The number of hydrogen-bond donors (Lipinski definition) is 1. The summed E-state index contributed by atoms with van der Waals surface area (Å²) in [6, 6.07) is 14.6. The van der Waals surface area contributed by atoms with Crippen molar-refractivity contribution in [2.45, 2.75) is 6.92 Å². The van der Waals surface area contributed by atoms with E-state index in [4.69, 9.17) is 25.5 Å². The van der Waals surface area contributed by atoms with Crippen LogP contribution in [0.1, 0.15) is 11.3 Å². The van der Waals surface area contributed by atoms with Crippen LogP contribution in [0.3, 0.4) is 0 Å². The molecule has 0 spiro atoms. The molecule has 3 aromatic rings. The number of carbonyl (C=O) groups is 1. The van der Waals surface area contributed by atoms with E-state index in [1.807, 2.05) is 37.3 Å². The number of nitrogens with one attached hydrogen (secondary N) is 1. The molecule has 0 saturated carbocycles. The number of rotatable bonds is 6. The smallest absolute Gasteiger partial charge is 0.248 e. The van der Waals surface area contributed by atoms with Crippen molar-refractivity contribution < 1.29 is 18.7 Å². The zero-order valence-electron chi connectivity index (χ0n) is 15.8. The molecule has 28 heavy (non-hydrogen) atoms. The van der Waals surface area contributed by atoms with Crippen molar-refractivity contribution in [2.24, 2.45) is 0 Å². The zero-order chi connectivity index (χ0) is 20.1. The van der Waals surface area contributed by atoms with Crippen LogP contribution < -0.4 is 14.8 Å². The van der Waals surface area contributed by atoms with Gasteiger partial charge in [0.2, 0.25) is 5.91 Å². The molecule has 1 N–H and O–H groups in total. The molecule has 0 aliphatic heterocycles. The van der Waals surface area contributed by atoms with Crippen molar-refractivity contribution in [3.05, 3.63) is 71.0 Å². The largest absolute Gasteiger partial charge is 0.495 e. The first-order valence-corrected chi connectivity index (χ1v) is 8.95. The molecule has 6 heteroatoms. The molecule has 0 aliphatic carbocycles. The highest BCUT2D eigenvalue weighted by Crippen LogP contribution is 2.31. The second-order valence-electron chi connectivity index (χ2n) is 6.08. The Labute approximate surface area is 168 Å². The van der Waals surface area contributed by atoms with Crippen molar-refractivity contribution in [3.8, 4) is 22.8 Å². The fourth-order valence-corrected chi connectivity index (χ4v) is 2.93. The van der Waals surface area contributed by atoms with Gasteiger partial charge in [0.25, 0.3) is 0 Å². The maximum absolute atomic E-state index is 12.2. The number of halogens is 1. The van der Waals surface area contributed by atoms with Crippen LogP contribution in [0, 0.1) is 6.92 Å². The van der Waals surface area contributed by atoms with Crippen molar-refractivity contribution in [3.63, 3.8) is 0 Å². The number of aryl methyl sites for hydroxylation is 1. The molecule has 0 atom stereocenters. The molecular weight excluding hydrogens is 378 g/mol. The average Bonchev–Trinajstić information content (AvgIpc) is 3.15. The summed E-state index contributed by atoms with van der Waals surface area (Å²) >= 11 is 6.16. The van der Waals surface area contributed by atoms with E-state index >= 15 is 0 Å². The summed E-state index contributed by atoms with van der Waals surface area (Å²) in [6.45, 7) is 1.95. The minimum absolute atomic E-state index is 0.283. The normalized spacial score (nSPS) is 10.9. The second-order valence-corrected chi connectivity index (χ2v) is 6.48. The number of amides is 1. The summed E-state index contributed by atoms with van der Waals surface area (Å²) < 4.78 is 16.2. The van der Waals surface area contributed by atoms with Gasteiger partial charge in [-0.3, -0.25) is 4.79 Å².